The molecule has 7 rings (SSSR count). The largest absolute Gasteiger partial charge is 0.375 e. The summed E-state index contributed by atoms with van der Waals surface area (Å²) in [6, 6.07) is 26.6. The number of benzene rings is 4. The highest BCUT2D eigenvalue weighted by Gasteiger charge is 2.26. The zero-order chi connectivity index (χ0) is 41.5. The number of fused-ring (bicyclic) bond motifs is 1. The molecule has 4 aromatic carbocycles. The van der Waals surface area contributed by atoms with Gasteiger partial charge >= 0.3 is 0 Å². The summed E-state index contributed by atoms with van der Waals surface area (Å²) in [7, 11) is -1.10. The van der Waals surface area contributed by atoms with Crippen molar-refractivity contribution in [3.63, 3.8) is 0 Å². The quantitative estimate of drug-likeness (QED) is 0.0476. The van der Waals surface area contributed by atoms with Crippen LogP contribution in [0.15, 0.2) is 120 Å². The maximum Gasteiger partial charge on any atom is 0.293 e. The van der Waals surface area contributed by atoms with Crippen LogP contribution in [-0.4, -0.2) is 101 Å². The minimum absolute atomic E-state index is 0.0190. The molecule has 1 atom stereocenters. The molecule has 0 saturated carbocycles. The molecule has 3 heterocycles. The number of piperazine rings is 1. The third kappa shape index (κ3) is 10.2. The lowest BCUT2D eigenvalue weighted by atomic mass is 9.99. The summed E-state index contributed by atoms with van der Waals surface area (Å²) in [6.45, 7) is 4.08. The first-order valence-corrected chi connectivity index (χ1v) is 21.5. The normalized spacial score (nSPS) is 13.8. The van der Waals surface area contributed by atoms with Crippen molar-refractivity contribution < 1.29 is 18.1 Å². The fourth-order valence-corrected chi connectivity index (χ4v) is 8.73. The SMILES string of the molecule is CN(C)C(=O)CC(CSc1ncccn1)Nc1ccc(S(=O)(=O)Nc2ncnc3cc(N4CCN(Cc5ccccc5-c5ccc(Cl)cc5)CC4)ccc23)cc1[N+](=O)[O-]. The third-order valence-electron chi connectivity index (χ3n) is 9.87. The fourth-order valence-electron chi connectivity index (χ4n) is 6.74. The van der Waals surface area contributed by atoms with E-state index in [0.29, 0.717) is 26.8 Å². The van der Waals surface area contributed by atoms with Crippen molar-refractivity contribution in [1.29, 1.82) is 0 Å². The summed E-state index contributed by atoms with van der Waals surface area (Å²) in [6.07, 6.45) is 4.49. The Kier molecular flexibility index (Phi) is 12.9. The Morgan fingerprint density at radius 1 is 0.932 bits per heavy atom. The van der Waals surface area contributed by atoms with Gasteiger partial charge in [0.05, 0.1) is 15.3 Å². The van der Waals surface area contributed by atoms with Crippen LogP contribution >= 0.6 is 23.4 Å². The maximum atomic E-state index is 13.7. The zero-order valence-corrected chi connectivity index (χ0v) is 34.6. The molecule has 304 valence electrons. The molecule has 0 radical (unpaired) electrons. The van der Waals surface area contributed by atoms with E-state index in [0.717, 1.165) is 50.0 Å². The highest BCUT2D eigenvalue weighted by molar-refractivity contribution is 7.99. The summed E-state index contributed by atoms with van der Waals surface area (Å²) >= 11 is 7.42. The molecule has 0 aliphatic carbocycles. The number of amides is 1. The molecule has 59 heavy (non-hydrogen) atoms. The predicted molar refractivity (Wildman–Crippen MR) is 231 cm³/mol. The number of hydrogen-bond donors (Lipinski definition) is 2. The lowest BCUT2D eigenvalue weighted by molar-refractivity contribution is -0.384. The van der Waals surface area contributed by atoms with E-state index in [1.54, 1.807) is 38.6 Å². The van der Waals surface area contributed by atoms with Crippen molar-refractivity contribution in [2.24, 2.45) is 0 Å². The van der Waals surface area contributed by atoms with Crippen molar-refractivity contribution in [1.82, 2.24) is 29.7 Å². The van der Waals surface area contributed by atoms with Gasteiger partial charge in [-0.25, -0.2) is 28.4 Å². The Bertz CT molecular complexity index is 2560. The van der Waals surface area contributed by atoms with Crippen LogP contribution in [-0.2, 0) is 21.4 Å². The second-order valence-corrected chi connectivity index (χ2v) is 17.2. The van der Waals surface area contributed by atoms with Crippen molar-refractivity contribution in [3.8, 4) is 11.1 Å². The topological polar surface area (TPSA) is 180 Å². The number of hydrogen-bond acceptors (Lipinski definition) is 13. The lowest BCUT2D eigenvalue weighted by Crippen LogP contribution is -2.46. The van der Waals surface area contributed by atoms with Gasteiger partial charge in [0.1, 0.15) is 12.0 Å². The maximum absolute atomic E-state index is 13.7. The van der Waals surface area contributed by atoms with Crippen LogP contribution in [0.5, 0.6) is 0 Å². The van der Waals surface area contributed by atoms with E-state index < -0.39 is 26.7 Å². The van der Waals surface area contributed by atoms with Crippen molar-refractivity contribution >= 4 is 73.1 Å². The van der Waals surface area contributed by atoms with Gasteiger partial charge in [0, 0.05) is 99.6 Å². The molecule has 1 saturated heterocycles. The number of anilines is 3. The summed E-state index contributed by atoms with van der Waals surface area (Å²) in [5.74, 6) is 0.151. The molecule has 6 aromatic rings. The Hall–Kier alpha value is -5.88. The van der Waals surface area contributed by atoms with Gasteiger partial charge in [-0.15, -0.1) is 0 Å². The number of nitro benzene ring substituents is 1. The minimum atomic E-state index is -4.34. The Labute approximate surface area is 351 Å². The molecule has 1 aliphatic rings. The van der Waals surface area contributed by atoms with Gasteiger partial charge in [-0.2, -0.15) is 0 Å². The average molecular weight is 853 g/mol. The summed E-state index contributed by atoms with van der Waals surface area (Å²) < 4.78 is 30.0. The second-order valence-electron chi connectivity index (χ2n) is 14.1. The smallest absolute Gasteiger partial charge is 0.293 e. The molecule has 1 amide bonds. The molecule has 0 spiro atoms. The third-order valence-corrected chi connectivity index (χ3v) is 12.5. The van der Waals surface area contributed by atoms with E-state index in [1.807, 2.05) is 42.5 Å². The van der Waals surface area contributed by atoms with Gasteiger partial charge in [-0.3, -0.25) is 24.5 Å². The molecular weight excluding hydrogens is 812 g/mol. The van der Waals surface area contributed by atoms with E-state index in [2.05, 4.69) is 58.0 Å². The summed E-state index contributed by atoms with van der Waals surface area (Å²) in [4.78, 5) is 47.1. The molecule has 2 N–H and O–H groups in total. The Morgan fingerprint density at radius 2 is 1.68 bits per heavy atom. The highest BCUT2D eigenvalue weighted by atomic mass is 35.5. The van der Waals surface area contributed by atoms with E-state index >= 15 is 0 Å². The molecule has 0 bridgehead atoms. The first-order valence-electron chi connectivity index (χ1n) is 18.7. The molecule has 15 nitrogen and oxygen atoms in total. The molecule has 1 aliphatic heterocycles. The van der Waals surface area contributed by atoms with E-state index in [1.165, 1.54) is 46.2 Å². The Balaban J connectivity index is 1.03. The van der Waals surface area contributed by atoms with Gasteiger partial charge in [-0.05, 0) is 65.2 Å². The van der Waals surface area contributed by atoms with E-state index in [9.17, 15) is 23.3 Å². The van der Waals surface area contributed by atoms with Crippen molar-refractivity contribution in [3.05, 3.63) is 130 Å². The average Bonchev–Trinajstić information content (AvgIpc) is 3.23. The molecule has 18 heteroatoms. The monoisotopic (exact) mass is 852 g/mol. The number of aromatic nitrogens is 4. The molecule has 1 fully saturated rings. The van der Waals surface area contributed by atoms with Crippen LogP contribution in [0.2, 0.25) is 5.02 Å². The van der Waals surface area contributed by atoms with Gasteiger partial charge in [0.2, 0.25) is 5.91 Å². The summed E-state index contributed by atoms with van der Waals surface area (Å²) in [5.41, 5.74) is 4.63. The number of carbonyl (C=O) groups excluding carboxylic acids is 1. The number of nitrogens with zero attached hydrogens (tertiary/aromatic N) is 8. The number of rotatable bonds is 15. The highest BCUT2D eigenvalue weighted by Crippen LogP contribution is 2.33. The van der Waals surface area contributed by atoms with Crippen LogP contribution in [0.25, 0.3) is 22.0 Å². The molecular formula is C41H41ClN10O5S2. The van der Waals surface area contributed by atoms with Crippen LogP contribution in [0.1, 0.15) is 12.0 Å². The van der Waals surface area contributed by atoms with E-state index in [-0.39, 0.29) is 28.7 Å². The summed E-state index contributed by atoms with van der Waals surface area (Å²) in [5, 5.41) is 17.0. The van der Waals surface area contributed by atoms with E-state index in [4.69, 9.17) is 11.6 Å². The Morgan fingerprint density at radius 3 is 2.41 bits per heavy atom. The first kappa shape index (κ1) is 41.3. The second kappa shape index (κ2) is 18.4. The number of nitro groups is 1. The van der Waals surface area contributed by atoms with Gasteiger partial charge in [0.25, 0.3) is 15.7 Å². The molecule has 2 aromatic heterocycles. The van der Waals surface area contributed by atoms with Crippen LogP contribution in [0, 0.1) is 10.1 Å². The van der Waals surface area contributed by atoms with Gasteiger partial charge in [-0.1, -0.05) is 59.8 Å². The van der Waals surface area contributed by atoms with Gasteiger partial charge < -0.3 is 15.1 Å². The standard InChI is InChI=1S/C41H41ClN10O5S2/c1-49(2)39(53)22-31(26-58-41-43-16-5-17-44-41)47-36-15-13-33(24-38(36)52(54)55)59(56,57)48-40-35-14-12-32(23-37(35)45-27-46-40)51-20-18-50(19-21-51)25-29-6-3-4-7-34(29)28-8-10-30(42)11-9-28/h3-17,23-24,27,31,47H,18-22,25-26H2,1-2H3,(H,45,46,48). The van der Waals surface area contributed by atoms with Crippen LogP contribution < -0.4 is 14.9 Å². The molecule has 1 unspecified atom stereocenters. The van der Waals surface area contributed by atoms with Crippen LogP contribution in [0.4, 0.5) is 22.9 Å². The number of thioether (sulfide) groups is 1. The number of sulfonamides is 1. The number of halogens is 1. The fraction of sp³-hybridized carbons (Fsp3) is 0.244. The lowest BCUT2D eigenvalue weighted by Gasteiger charge is -2.36. The minimum Gasteiger partial charge on any atom is -0.375 e. The number of carbonyl (C=O) groups is 1. The van der Waals surface area contributed by atoms with Crippen LogP contribution in [0.3, 0.4) is 0 Å². The van der Waals surface area contributed by atoms with Crippen molar-refractivity contribution in [2.75, 3.05) is 61.0 Å². The number of nitrogens with one attached hydrogen (secondary N) is 2. The van der Waals surface area contributed by atoms with Gasteiger partial charge in [0.15, 0.2) is 11.0 Å². The predicted octanol–water partition coefficient (Wildman–Crippen LogP) is 6.82. The zero-order valence-electron chi connectivity index (χ0n) is 32.2. The van der Waals surface area contributed by atoms with Crippen molar-refractivity contribution in [2.45, 2.75) is 29.1 Å². The first-order chi connectivity index (χ1) is 28.4.